The fourth-order valence-electron chi connectivity index (χ4n) is 3.59. The van der Waals surface area contributed by atoms with Crippen LogP contribution in [0.4, 0.5) is 5.69 Å². The van der Waals surface area contributed by atoms with Crippen molar-refractivity contribution in [3.63, 3.8) is 0 Å². The second kappa shape index (κ2) is 7.64. The number of fused-ring (bicyclic) bond motifs is 1. The van der Waals surface area contributed by atoms with Crippen molar-refractivity contribution in [3.05, 3.63) is 59.2 Å². The zero-order chi connectivity index (χ0) is 18.8. The van der Waals surface area contributed by atoms with E-state index in [0.717, 1.165) is 53.0 Å². The van der Waals surface area contributed by atoms with Gasteiger partial charge in [-0.05, 0) is 30.3 Å². The molecule has 1 aromatic heterocycles. The van der Waals surface area contributed by atoms with Gasteiger partial charge in [0.05, 0.1) is 7.11 Å². The molecule has 1 fully saturated rings. The Labute approximate surface area is 167 Å². The van der Waals surface area contributed by atoms with Gasteiger partial charge in [-0.2, -0.15) is 0 Å². The van der Waals surface area contributed by atoms with Crippen molar-refractivity contribution >= 4 is 38.4 Å². The van der Waals surface area contributed by atoms with Crippen molar-refractivity contribution in [2.75, 3.05) is 38.2 Å². The third kappa shape index (κ3) is 3.67. The van der Waals surface area contributed by atoms with Crippen LogP contribution in [-0.2, 0) is 11.3 Å². The first kappa shape index (κ1) is 17.9. The Morgan fingerprint density at radius 3 is 2.63 bits per heavy atom. The van der Waals surface area contributed by atoms with Crippen molar-refractivity contribution in [1.82, 2.24) is 9.47 Å². The number of rotatable bonds is 4. The predicted octanol–water partition coefficient (Wildman–Crippen LogP) is 3.76. The molecule has 1 aliphatic heterocycles. The van der Waals surface area contributed by atoms with Gasteiger partial charge in [0, 0.05) is 59.5 Å². The van der Waals surface area contributed by atoms with Crippen LogP contribution in [0.2, 0.25) is 0 Å². The number of benzene rings is 2. The summed E-state index contributed by atoms with van der Waals surface area (Å²) >= 11 is 3.57. The number of halogens is 1. The van der Waals surface area contributed by atoms with Gasteiger partial charge in [0.2, 0.25) is 5.91 Å². The highest BCUT2D eigenvalue weighted by atomic mass is 79.9. The molecule has 2 heterocycles. The van der Waals surface area contributed by atoms with E-state index in [4.69, 9.17) is 4.74 Å². The Kier molecular flexibility index (Phi) is 5.07. The molecule has 6 heteroatoms. The SMILES string of the molecule is COc1cccc(N2CCN(C(=O)Cn3ccc4c(Br)cccc43)CC2)c1. The van der Waals surface area contributed by atoms with Gasteiger partial charge in [-0.15, -0.1) is 0 Å². The molecule has 27 heavy (non-hydrogen) atoms. The van der Waals surface area contributed by atoms with Gasteiger partial charge in [0.15, 0.2) is 0 Å². The smallest absolute Gasteiger partial charge is 0.242 e. The zero-order valence-corrected chi connectivity index (χ0v) is 16.9. The van der Waals surface area contributed by atoms with E-state index >= 15 is 0 Å². The Morgan fingerprint density at radius 1 is 1.07 bits per heavy atom. The maximum Gasteiger partial charge on any atom is 0.242 e. The predicted molar refractivity (Wildman–Crippen MR) is 111 cm³/mol. The minimum absolute atomic E-state index is 0.165. The molecule has 0 unspecified atom stereocenters. The van der Waals surface area contributed by atoms with Crippen LogP contribution in [0.25, 0.3) is 10.9 Å². The van der Waals surface area contributed by atoms with Gasteiger partial charge >= 0.3 is 0 Å². The molecule has 0 atom stereocenters. The molecule has 2 aromatic carbocycles. The van der Waals surface area contributed by atoms with Crippen LogP contribution < -0.4 is 9.64 Å². The van der Waals surface area contributed by atoms with E-state index in [1.165, 1.54) is 0 Å². The molecule has 3 aromatic rings. The normalized spacial score (nSPS) is 14.6. The Hall–Kier alpha value is -2.47. The van der Waals surface area contributed by atoms with Crippen molar-refractivity contribution in [3.8, 4) is 5.75 Å². The molecular weight excluding hydrogens is 406 g/mol. The van der Waals surface area contributed by atoms with Gasteiger partial charge in [-0.25, -0.2) is 0 Å². The molecule has 0 saturated carbocycles. The summed E-state index contributed by atoms with van der Waals surface area (Å²) in [6.07, 6.45) is 1.99. The quantitative estimate of drug-likeness (QED) is 0.635. The van der Waals surface area contributed by atoms with Crippen LogP contribution in [0, 0.1) is 0 Å². The number of nitrogens with zero attached hydrogens (tertiary/aromatic N) is 3. The van der Waals surface area contributed by atoms with Gasteiger partial charge in [0.25, 0.3) is 0 Å². The number of anilines is 1. The molecule has 0 aliphatic carbocycles. The fourth-order valence-corrected chi connectivity index (χ4v) is 4.08. The summed E-state index contributed by atoms with van der Waals surface area (Å²) in [5.74, 6) is 1.02. The van der Waals surface area contributed by atoms with E-state index in [2.05, 4.69) is 26.9 Å². The van der Waals surface area contributed by atoms with Crippen LogP contribution in [0.3, 0.4) is 0 Å². The second-order valence-corrected chi connectivity index (χ2v) is 7.54. The van der Waals surface area contributed by atoms with Crippen molar-refractivity contribution in [1.29, 1.82) is 0 Å². The van der Waals surface area contributed by atoms with Crippen molar-refractivity contribution in [2.45, 2.75) is 6.54 Å². The largest absolute Gasteiger partial charge is 0.497 e. The average molecular weight is 428 g/mol. The second-order valence-electron chi connectivity index (χ2n) is 6.69. The van der Waals surface area contributed by atoms with E-state index in [9.17, 15) is 4.79 Å². The number of carbonyl (C=O) groups excluding carboxylic acids is 1. The third-order valence-electron chi connectivity index (χ3n) is 5.12. The fraction of sp³-hybridized carbons (Fsp3) is 0.286. The van der Waals surface area contributed by atoms with Gasteiger partial charge in [0.1, 0.15) is 12.3 Å². The first-order chi connectivity index (χ1) is 13.2. The minimum atomic E-state index is 0.165. The monoisotopic (exact) mass is 427 g/mol. The number of aromatic nitrogens is 1. The van der Waals surface area contributed by atoms with Crippen molar-refractivity contribution < 1.29 is 9.53 Å². The molecule has 0 spiro atoms. The molecule has 0 N–H and O–H groups in total. The third-order valence-corrected chi connectivity index (χ3v) is 5.81. The van der Waals surface area contributed by atoms with E-state index in [-0.39, 0.29) is 5.91 Å². The van der Waals surface area contributed by atoms with Crippen LogP contribution in [-0.4, -0.2) is 48.7 Å². The van der Waals surface area contributed by atoms with Crippen LogP contribution in [0.5, 0.6) is 5.75 Å². The van der Waals surface area contributed by atoms with Gasteiger partial charge in [-0.1, -0.05) is 28.1 Å². The van der Waals surface area contributed by atoms with Gasteiger partial charge in [-0.3, -0.25) is 4.79 Å². The van der Waals surface area contributed by atoms with E-state index < -0.39 is 0 Å². The van der Waals surface area contributed by atoms with E-state index in [1.807, 2.05) is 58.1 Å². The standard InChI is InChI=1S/C21H22BrN3O2/c1-27-17-5-2-4-16(14-17)23-10-12-24(13-11-23)21(26)15-25-9-8-18-19(22)6-3-7-20(18)25/h2-9,14H,10-13,15H2,1H3. The van der Waals surface area contributed by atoms with Crippen LogP contribution in [0.15, 0.2) is 59.2 Å². The number of hydrogen-bond donors (Lipinski definition) is 0. The number of hydrogen-bond acceptors (Lipinski definition) is 3. The molecule has 4 rings (SSSR count). The summed E-state index contributed by atoms with van der Waals surface area (Å²) in [5, 5.41) is 1.13. The lowest BCUT2D eigenvalue weighted by molar-refractivity contribution is -0.132. The number of carbonyl (C=O) groups is 1. The zero-order valence-electron chi connectivity index (χ0n) is 15.3. The summed E-state index contributed by atoms with van der Waals surface area (Å²) < 4.78 is 8.39. The lowest BCUT2D eigenvalue weighted by atomic mass is 10.2. The molecule has 1 saturated heterocycles. The number of piperazine rings is 1. The van der Waals surface area contributed by atoms with Crippen molar-refractivity contribution in [2.24, 2.45) is 0 Å². The maximum atomic E-state index is 12.8. The Bertz CT molecular complexity index is 961. The van der Waals surface area contributed by atoms with Gasteiger partial charge < -0.3 is 19.1 Å². The first-order valence-corrected chi connectivity index (χ1v) is 9.85. The molecule has 1 amide bonds. The molecule has 140 valence electrons. The maximum absolute atomic E-state index is 12.8. The molecule has 5 nitrogen and oxygen atoms in total. The number of amides is 1. The van der Waals surface area contributed by atoms with Crippen LogP contribution >= 0.6 is 15.9 Å². The number of ether oxygens (including phenoxy) is 1. The molecular formula is C21H22BrN3O2. The topological polar surface area (TPSA) is 37.7 Å². The van der Waals surface area contributed by atoms with E-state index in [0.29, 0.717) is 6.54 Å². The van der Waals surface area contributed by atoms with E-state index in [1.54, 1.807) is 7.11 Å². The highest BCUT2D eigenvalue weighted by molar-refractivity contribution is 9.10. The Morgan fingerprint density at radius 2 is 1.85 bits per heavy atom. The lowest BCUT2D eigenvalue weighted by Crippen LogP contribution is -2.49. The molecule has 0 radical (unpaired) electrons. The highest BCUT2D eigenvalue weighted by Gasteiger charge is 2.22. The molecule has 0 bridgehead atoms. The lowest BCUT2D eigenvalue weighted by Gasteiger charge is -2.36. The summed E-state index contributed by atoms with van der Waals surface area (Å²) in [4.78, 5) is 17.1. The summed E-state index contributed by atoms with van der Waals surface area (Å²) in [6.45, 7) is 3.50. The molecule has 1 aliphatic rings. The summed E-state index contributed by atoms with van der Waals surface area (Å²) in [7, 11) is 1.68. The minimum Gasteiger partial charge on any atom is -0.497 e. The number of methoxy groups -OCH3 is 1. The highest BCUT2D eigenvalue weighted by Crippen LogP contribution is 2.25. The Balaban J connectivity index is 1.40. The summed E-state index contributed by atoms with van der Waals surface area (Å²) in [6, 6.07) is 16.2. The average Bonchev–Trinajstić information content (AvgIpc) is 3.12. The summed E-state index contributed by atoms with van der Waals surface area (Å²) in [5.41, 5.74) is 2.22. The first-order valence-electron chi connectivity index (χ1n) is 9.06. The van der Waals surface area contributed by atoms with Crippen LogP contribution in [0.1, 0.15) is 0 Å².